The van der Waals surface area contributed by atoms with Crippen LogP contribution in [0.4, 0.5) is 4.79 Å². The zero-order valence-electron chi connectivity index (χ0n) is 11.6. The Hall–Kier alpha value is -1.44. The van der Waals surface area contributed by atoms with Gasteiger partial charge >= 0.3 is 18.0 Å². The number of carboxylic acid groups (broad SMARTS) is 2. The molecule has 0 heterocycles. The van der Waals surface area contributed by atoms with Crippen LogP contribution in [-0.2, 0) is 9.59 Å². The van der Waals surface area contributed by atoms with Gasteiger partial charge in [0.25, 0.3) is 0 Å². The highest BCUT2D eigenvalue weighted by Crippen LogP contribution is 2.01. The maximum atomic E-state index is 11.5. The van der Waals surface area contributed by atoms with E-state index in [1.807, 2.05) is 6.26 Å². The third kappa shape index (κ3) is 10.5. The lowest BCUT2D eigenvalue weighted by Crippen LogP contribution is -2.46. The average Bonchev–Trinajstić information content (AvgIpc) is 2.38. The zero-order valence-corrected chi connectivity index (χ0v) is 12.4. The molecule has 0 aliphatic heterocycles. The number of urea groups is 1. The van der Waals surface area contributed by atoms with Crippen LogP contribution in [-0.4, -0.2) is 52.8 Å². The Morgan fingerprint density at radius 1 is 1.15 bits per heavy atom. The quantitative estimate of drug-likeness (QED) is 0.425. The van der Waals surface area contributed by atoms with Crippen LogP contribution in [0.25, 0.3) is 0 Å². The van der Waals surface area contributed by atoms with Crippen LogP contribution in [0.5, 0.6) is 0 Å². The molecule has 0 bridgehead atoms. The highest BCUT2D eigenvalue weighted by molar-refractivity contribution is 7.98. The monoisotopic (exact) mass is 306 g/mol. The molecule has 0 rings (SSSR count). The van der Waals surface area contributed by atoms with Crippen molar-refractivity contribution in [1.82, 2.24) is 10.6 Å². The first-order valence-electron chi connectivity index (χ1n) is 6.45. The van der Waals surface area contributed by atoms with Gasteiger partial charge in [-0.1, -0.05) is 6.42 Å². The highest BCUT2D eigenvalue weighted by atomic mass is 32.2. The van der Waals surface area contributed by atoms with Gasteiger partial charge < -0.3 is 20.8 Å². The van der Waals surface area contributed by atoms with Crippen LogP contribution in [0.1, 0.15) is 32.1 Å². The Kier molecular flexibility index (Phi) is 10.6. The molecule has 1 atom stereocenters. The summed E-state index contributed by atoms with van der Waals surface area (Å²) in [5.74, 6) is -1.24. The van der Waals surface area contributed by atoms with E-state index in [0.29, 0.717) is 6.54 Å². The van der Waals surface area contributed by atoms with Crippen LogP contribution >= 0.6 is 11.8 Å². The van der Waals surface area contributed by atoms with Crippen molar-refractivity contribution in [2.45, 2.75) is 38.1 Å². The van der Waals surface area contributed by atoms with Gasteiger partial charge in [-0.3, -0.25) is 4.79 Å². The van der Waals surface area contributed by atoms with E-state index in [0.717, 1.165) is 25.0 Å². The van der Waals surface area contributed by atoms with Gasteiger partial charge in [-0.05, 0) is 31.3 Å². The van der Waals surface area contributed by atoms with Crippen molar-refractivity contribution in [2.24, 2.45) is 0 Å². The summed E-state index contributed by atoms with van der Waals surface area (Å²) in [7, 11) is 0. The first-order chi connectivity index (χ1) is 9.47. The van der Waals surface area contributed by atoms with Crippen LogP contribution in [0.15, 0.2) is 0 Å². The second-order valence-corrected chi connectivity index (χ2v) is 5.26. The number of rotatable bonds is 11. The summed E-state index contributed by atoms with van der Waals surface area (Å²) in [6.07, 6.45) is 4.52. The normalized spacial score (nSPS) is 11.7. The molecule has 7 nitrogen and oxygen atoms in total. The van der Waals surface area contributed by atoms with E-state index in [4.69, 9.17) is 10.2 Å². The minimum absolute atomic E-state index is 0.133. The van der Waals surface area contributed by atoms with Crippen molar-refractivity contribution < 1.29 is 24.6 Å². The molecule has 4 N–H and O–H groups in total. The molecule has 0 aromatic heterocycles. The molecule has 116 valence electrons. The SMILES string of the molecule is CSCCCCCNC(=O)N[C@@H](CCC(=O)O)C(=O)O. The number of hydrogen-bond donors (Lipinski definition) is 4. The number of carbonyl (C=O) groups is 3. The summed E-state index contributed by atoms with van der Waals surface area (Å²) in [5.41, 5.74) is 0. The summed E-state index contributed by atoms with van der Waals surface area (Å²) in [5, 5.41) is 22.2. The van der Waals surface area contributed by atoms with E-state index < -0.39 is 24.0 Å². The molecule has 0 aromatic rings. The van der Waals surface area contributed by atoms with Crippen molar-refractivity contribution in [3.05, 3.63) is 0 Å². The summed E-state index contributed by atoms with van der Waals surface area (Å²) >= 11 is 1.77. The minimum atomic E-state index is -1.23. The average molecular weight is 306 g/mol. The number of amides is 2. The van der Waals surface area contributed by atoms with E-state index in [1.165, 1.54) is 0 Å². The molecular weight excluding hydrogens is 284 g/mol. The maximum Gasteiger partial charge on any atom is 0.326 e. The van der Waals surface area contributed by atoms with Crippen molar-refractivity contribution >= 4 is 29.7 Å². The first kappa shape index (κ1) is 18.6. The van der Waals surface area contributed by atoms with Gasteiger partial charge in [0, 0.05) is 13.0 Å². The molecule has 0 saturated carbocycles. The molecule has 0 fully saturated rings. The molecule has 0 aromatic carbocycles. The van der Waals surface area contributed by atoms with Gasteiger partial charge in [0.05, 0.1) is 0 Å². The van der Waals surface area contributed by atoms with Crippen molar-refractivity contribution in [1.29, 1.82) is 0 Å². The standard InChI is InChI=1S/C12H22N2O5S/c1-20-8-4-2-3-7-13-12(19)14-9(11(17)18)5-6-10(15)16/h9H,2-8H2,1H3,(H,15,16)(H,17,18)(H2,13,14,19)/t9-/m0/s1. The molecule has 20 heavy (non-hydrogen) atoms. The van der Waals surface area contributed by atoms with Crippen LogP contribution in [0, 0.1) is 0 Å². The summed E-state index contributed by atoms with van der Waals surface area (Å²) in [6, 6.07) is -1.75. The third-order valence-electron chi connectivity index (χ3n) is 2.56. The van der Waals surface area contributed by atoms with Crippen LogP contribution < -0.4 is 10.6 Å². The molecule has 0 saturated heterocycles. The minimum Gasteiger partial charge on any atom is -0.481 e. The van der Waals surface area contributed by atoms with Gasteiger partial charge in [-0.2, -0.15) is 11.8 Å². The first-order valence-corrected chi connectivity index (χ1v) is 7.84. The lowest BCUT2D eigenvalue weighted by atomic mass is 10.1. The van der Waals surface area contributed by atoms with Crippen molar-refractivity contribution in [3.8, 4) is 0 Å². The lowest BCUT2D eigenvalue weighted by Gasteiger charge is -2.14. The Bertz CT molecular complexity index is 325. The van der Waals surface area contributed by atoms with Crippen molar-refractivity contribution in [3.63, 3.8) is 0 Å². The fourth-order valence-corrected chi connectivity index (χ4v) is 1.98. The Morgan fingerprint density at radius 3 is 2.40 bits per heavy atom. The molecule has 0 spiro atoms. The molecular formula is C12H22N2O5S. The molecule has 8 heteroatoms. The molecule has 2 amide bonds. The molecule has 0 aliphatic carbocycles. The third-order valence-corrected chi connectivity index (χ3v) is 3.26. The zero-order chi connectivity index (χ0) is 15.4. The smallest absolute Gasteiger partial charge is 0.326 e. The van der Waals surface area contributed by atoms with E-state index in [1.54, 1.807) is 11.8 Å². The van der Waals surface area contributed by atoms with Gasteiger partial charge in [-0.25, -0.2) is 9.59 Å². The lowest BCUT2D eigenvalue weighted by molar-refractivity contribution is -0.140. The predicted molar refractivity (Wildman–Crippen MR) is 77.1 cm³/mol. The fourth-order valence-electron chi connectivity index (χ4n) is 1.48. The number of carboxylic acids is 2. The van der Waals surface area contributed by atoms with E-state index in [9.17, 15) is 14.4 Å². The Labute approximate surface area is 122 Å². The highest BCUT2D eigenvalue weighted by Gasteiger charge is 2.20. The summed E-state index contributed by atoms with van der Waals surface area (Å²) in [4.78, 5) is 32.7. The number of carbonyl (C=O) groups excluding carboxylic acids is 1. The largest absolute Gasteiger partial charge is 0.481 e. The Balaban J connectivity index is 3.84. The molecule has 0 radical (unpaired) electrons. The Morgan fingerprint density at radius 2 is 1.85 bits per heavy atom. The maximum absolute atomic E-state index is 11.5. The van der Waals surface area contributed by atoms with Crippen molar-refractivity contribution in [2.75, 3.05) is 18.6 Å². The van der Waals surface area contributed by atoms with Gasteiger partial charge in [-0.15, -0.1) is 0 Å². The predicted octanol–water partition coefficient (Wildman–Crippen LogP) is 1.14. The second-order valence-electron chi connectivity index (χ2n) is 4.28. The summed E-state index contributed by atoms with van der Waals surface area (Å²) < 4.78 is 0. The van der Waals surface area contributed by atoms with E-state index >= 15 is 0 Å². The van der Waals surface area contributed by atoms with Crippen LogP contribution in [0.2, 0.25) is 0 Å². The molecule has 0 unspecified atom stereocenters. The second kappa shape index (κ2) is 11.4. The van der Waals surface area contributed by atoms with E-state index in [-0.39, 0.29) is 12.8 Å². The number of nitrogens with one attached hydrogen (secondary N) is 2. The topological polar surface area (TPSA) is 116 Å². The fraction of sp³-hybridized carbons (Fsp3) is 0.750. The number of unbranched alkanes of at least 4 members (excludes halogenated alkanes) is 2. The number of hydrogen-bond acceptors (Lipinski definition) is 4. The summed E-state index contributed by atoms with van der Waals surface area (Å²) in [6.45, 7) is 0.478. The van der Waals surface area contributed by atoms with Gasteiger partial charge in [0.15, 0.2) is 0 Å². The van der Waals surface area contributed by atoms with Crippen LogP contribution in [0.3, 0.4) is 0 Å². The van der Waals surface area contributed by atoms with Gasteiger partial charge in [0.2, 0.25) is 0 Å². The van der Waals surface area contributed by atoms with Gasteiger partial charge in [0.1, 0.15) is 6.04 Å². The number of thioether (sulfide) groups is 1. The molecule has 0 aliphatic rings. The number of aliphatic carboxylic acids is 2. The van der Waals surface area contributed by atoms with E-state index in [2.05, 4.69) is 10.6 Å².